The van der Waals surface area contributed by atoms with E-state index >= 15 is 0 Å². The Bertz CT molecular complexity index is 834. The van der Waals surface area contributed by atoms with Crippen molar-refractivity contribution in [2.75, 3.05) is 6.61 Å². The second-order valence-corrected chi connectivity index (χ2v) is 5.73. The zero-order valence-corrected chi connectivity index (χ0v) is 13.0. The number of carbonyl (C=O) groups excluding carboxylic acids is 1. The summed E-state index contributed by atoms with van der Waals surface area (Å²) in [7, 11) is 2.03. The zero-order valence-electron chi connectivity index (χ0n) is 13.0. The van der Waals surface area contributed by atoms with Crippen molar-refractivity contribution in [3.05, 3.63) is 54.2 Å². The van der Waals surface area contributed by atoms with Gasteiger partial charge in [-0.1, -0.05) is 18.2 Å². The van der Waals surface area contributed by atoms with Gasteiger partial charge >= 0.3 is 0 Å². The number of primary amides is 1. The van der Waals surface area contributed by atoms with Gasteiger partial charge in [-0.05, 0) is 24.5 Å². The van der Waals surface area contributed by atoms with E-state index in [-0.39, 0.29) is 18.3 Å². The lowest BCUT2D eigenvalue weighted by atomic mass is 10.0. The molecule has 6 heteroatoms. The summed E-state index contributed by atoms with van der Waals surface area (Å²) in [6, 6.07) is 8.14. The van der Waals surface area contributed by atoms with Crippen molar-refractivity contribution in [3.63, 3.8) is 0 Å². The largest absolute Gasteiger partial charge is 0.394 e. The van der Waals surface area contributed by atoms with Crippen LogP contribution in [0.1, 0.15) is 28.5 Å². The third-order valence-corrected chi connectivity index (χ3v) is 4.21. The maximum atomic E-state index is 11.1. The molecule has 1 atom stereocenters. The number of aliphatic hydroxyl groups is 1. The smallest absolute Gasteiger partial charge is 0.268 e. The first-order valence-electron chi connectivity index (χ1n) is 7.57. The van der Waals surface area contributed by atoms with Crippen LogP contribution in [0.4, 0.5) is 0 Å². The summed E-state index contributed by atoms with van der Waals surface area (Å²) >= 11 is 0. The van der Waals surface area contributed by atoms with Crippen LogP contribution in [0.15, 0.2) is 43.0 Å². The van der Waals surface area contributed by atoms with Crippen molar-refractivity contribution < 1.29 is 9.90 Å². The van der Waals surface area contributed by atoms with Gasteiger partial charge in [0.15, 0.2) is 0 Å². The quantitative estimate of drug-likeness (QED) is 0.725. The minimum atomic E-state index is -0.561. The van der Waals surface area contributed by atoms with Gasteiger partial charge in [-0.25, -0.2) is 4.98 Å². The fraction of sp³-hybridized carbons (Fsp3) is 0.294. The molecule has 3 N–H and O–H groups in total. The van der Waals surface area contributed by atoms with Gasteiger partial charge in [0.05, 0.1) is 19.0 Å². The van der Waals surface area contributed by atoms with Crippen LogP contribution in [0.25, 0.3) is 10.9 Å². The van der Waals surface area contributed by atoms with E-state index in [0.717, 1.165) is 12.8 Å². The Labute approximate surface area is 134 Å². The van der Waals surface area contributed by atoms with Gasteiger partial charge in [-0.3, -0.25) is 4.79 Å². The van der Waals surface area contributed by atoms with Gasteiger partial charge in [-0.2, -0.15) is 0 Å². The molecule has 0 saturated heterocycles. The maximum Gasteiger partial charge on any atom is 0.268 e. The molecular formula is C17H20N4O2. The second kappa shape index (κ2) is 6.26. The Kier molecular flexibility index (Phi) is 4.16. The van der Waals surface area contributed by atoms with Gasteiger partial charge in [-0.15, -0.1) is 0 Å². The standard InChI is InChI=1S/C17H20N4O2/c1-20-8-12(14-4-2-3-5-16(14)20)6-7-13(10-22)21-9-15(17(18)23)19-11-21/h2-5,8-9,11,13,22H,6-7,10H2,1H3,(H2,18,23)/t13-/m1/s1. The molecule has 23 heavy (non-hydrogen) atoms. The molecule has 0 fully saturated rings. The average Bonchev–Trinajstić information content (AvgIpc) is 3.15. The first-order chi connectivity index (χ1) is 11.1. The number of aryl methyl sites for hydroxylation is 2. The number of para-hydroxylation sites is 1. The lowest BCUT2D eigenvalue weighted by Gasteiger charge is -2.15. The van der Waals surface area contributed by atoms with E-state index < -0.39 is 5.91 Å². The van der Waals surface area contributed by atoms with Gasteiger partial charge in [0.2, 0.25) is 0 Å². The maximum absolute atomic E-state index is 11.1. The highest BCUT2D eigenvalue weighted by Crippen LogP contribution is 2.24. The third kappa shape index (κ3) is 2.98. The number of rotatable bonds is 6. The molecular weight excluding hydrogens is 292 g/mol. The van der Waals surface area contributed by atoms with E-state index in [4.69, 9.17) is 5.73 Å². The van der Waals surface area contributed by atoms with Crippen LogP contribution in [-0.2, 0) is 13.5 Å². The molecule has 0 aliphatic heterocycles. The molecule has 3 aromatic rings. The molecule has 0 saturated carbocycles. The summed E-state index contributed by atoms with van der Waals surface area (Å²) in [5, 5.41) is 10.9. The summed E-state index contributed by atoms with van der Waals surface area (Å²) < 4.78 is 3.87. The SMILES string of the molecule is Cn1cc(CC[C@H](CO)n2cnc(C(N)=O)c2)c2ccccc21. The Morgan fingerprint density at radius 2 is 2.13 bits per heavy atom. The molecule has 0 unspecified atom stereocenters. The fourth-order valence-corrected chi connectivity index (χ4v) is 2.95. The molecule has 120 valence electrons. The number of aromatic nitrogens is 3. The van der Waals surface area contributed by atoms with Crippen molar-refractivity contribution in [2.24, 2.45) is 12.8 Å². The highest BCUT2D eigenvalue weighted by molar-refractivity contribution is 5.90. The molecule has 6 nitrogen and oxygen atoms in total. The van der Waals surface area contributed by atoms with Crippen LogP contribution in [0.2, 0.25) is 0 Å². The van der Waals surface area contributed by atoms with Crippen molar-refractivity contribution in [1.82, 2.24) is 14.1 Å². The highest BCUT2D eigenvalue weighted by atomic mass is 16.3. The number of hydrogen-bond acceptors (Lipinski definition) is 3. The lowest BCUT2D eigenvalue weighted by molar-refractivity contribution is 0.0995. The number of carbonyl (C=O) groups is 1. The molecule has 1 amide bonds. The summed E-state index contributed by atoms with van der Waals surface area (Å²) in [5.41, 5.74) is 7.88. The lowest BCUT2D eigenvalue weighted by Crippen LogP contribution is -2.14. The molecule has 0 spiro atoms. The number of nitrogens with zero attached hydrogens (tertiary/aromatic N) is 3. The molecule has 2 heterocycles. The van der Waals surface area contributed by atoms with E-state index in [0.29, 0.717) is 0 Å². The van der Waals surface area contributed by atoms with Gasteiger partial charge in [0, 0.05) is 30.3 Å². The summed E-state index contributed by atoms with van der Waals surface area (Å²) in [4.78, 5) is 15.1. The van der Waals surface area contributed by atoms with E-state index in [1.54, 1.807) is 17.1 Å². The van der Waals surface area contributed by atoms with E-state index in [1.807, 2.05) is 19.2 Å². The van der Waals surface area contributed by atoms with Gasteiger partial charge in [0.25, 0.3) is 5.91 Å². The van der Waals surface area contributed by atoms with Crippen molar-refractivity contribution in [2.45, 2.75) is 18.9 Å². The molecule has 2 aromatic heterocycles. The Balaban J connectivity index is 1.78. The first-order valence-corrected chi connectivity index (χ1v) is 7.57. The Hall–Kier alpha value is -2.60. The molecule has 3 rings (SSSR count). The minimum absolute atomic E-state index is 0.0146. The van der Waals surface area contributed by atoms with Crippen molar-refractivity contribution in [1.29, 1.82) is 0 Å². The first kappa shape index (κ1) is 15.3. The summed E-state index contributed by atoms with van der Waals surface area (Å²) in [6.45, 7) is -0.0146. The van der Waals surface area contributed by atoms with Crippen LogP contribution < -0.4 is 5.73 Å². The Morgan fingerprint density at radius 3 is 2.83 bits per heavy atom. The number of hydrogen-bond donors (Lipinski definition) is 2. The van der Waals surface area contributed by atoms with Crippen molar-refractivity contribution in [3.8, 4) is 0 Å². The van der Waals surface area contributed by atoms with Crippen LogP contribution >= 0.6 is 0 Å². The topological polar surface area (TPSA) is 86.1 Å². The highest BCUT2D eigenvalue weighted by Gasteiger charge is 2.14. The molecule has 0 aliphatic carbocycles. The van der Waals surface area contributed by atoms with Crippen LogP contribution in [0, 0.1) is 0 Å². The zero-order chi connectivity index (χ0) is 16.4. The second-order valence-electron chi connectivity index (χ2n) is 5.73. The molecule has 0 bridgehead atoms. The Morgan fingerprint density at radius 1 is 1.35 bits per heavy atom. The van der Waals surface area contributed by atoms with E-state index in [2.05, 4.69) is 27.9 Å². The van der Waals surface area contributed by atoms with Crippen LogP contribution in [-0.4, -0.2) is 31.7 Å². The van der Waals surface area contributed by atoms with Gasteiger partial charge < -0.3 is 20.0 Å². The van der Waals surface area contributed by atoms with Gasteiger partial charge in [0.1, 0.15) is 5.69 Å². The van der Waals surface area contributed by atoms with E-state index in [9.17, 15) is 9.90 Å². The number of amides is 1. The van der Waals surface area contributed by atoms with Crippen molar-refractivity contribution >= 4 is 16.8 Å². The number of nitrogens with two attached hydrogens (primary N) is 1. The molecule has 0 aliphatic rings. The number of fused-ring (bicyclic) bond motifs is 1. The predicted molar refractivity (Wildman–Crippen MR) is 88.1 cm³/mol. The number of aliphatic hydroxyl groups excluding tert-OH is 1. The normalized spacial score (nSPS) is 12.6. The molecule has 1 aromatic carbocycles. The number of benzene rings is 1. The van der Waals surface area contributed by atoms with Crippen LogP contribution in [0.3, 0.4) is 0 Å². The average molecular weight is 312 g/mol. The summed E-state index contributed by atoms with van der Waals surface area (Å²) in [5.74, 6) is -0.561. The van der Waals surface area contributed by atoms with Crippen LogP contribution in [0.5, 0.6) is 0 Å². The third-order valence-electron chi connectivity index (χ3n) is 4.21. The minimum Gasteiger partial charge on any atom is -0.394 e. The molecule has 0 radical (unpaired) electrons. The summed E-state index contributed by atoms with van der Waals surface area (Å²) in [6.07, 6.45) is 6.84. The number of imidazole rings is 1. The predicted octanol–water partition coefficient (Wildman–Crippen LogP) is 1.64. The monoisotopic (exact) mass is 312 g/mol. The fourth-order valence-electron chi connectivity index (χ4n) is 2.95. The van der Waals surface area contributed by atoms with E-state index in [1.165, 1.54) is 16.5 Å².